The molecule has 0 aliphatic carbocycles. The maximum atomic E-state index is 12.2. The normalized spacial score (nSPS) is 10.4. The van der Waals surface area contributed by atoms with E-state index in [4.69, 9.17) is 0 Å². The molecule has 126 valence electrons. The fourth-order valence-corrected chi connectivity index (χ4v) is 2.46. The zero-order valence-electron chi connectivity index (χ0n) is 14.0. The van der Waals surface area contributed by atoms with Gasteiger partial charge in [0.1, 0.15) is 0 Å². The molecule has 0 aliphatic rings. The summed E-state index contributed by atoms with van der Waals surface area (Å²) >= 11 is 0. The van der Waals surface area contributed by atoms with Gasteiger partial charge in [0.15, 0.2) is 0 Å². The lowest BCUT2D eigenvalue weighted by Gasteiger charge is -2.08. The van der Waals surface area contributed by atoms with Crippen LogP contribution in [0.4, 0.5) is 0 Å². The molecule has 0 saturated carbocycles. The van der Waals surface area contributed by atoms with E-state index < -0.39 is 0 Å². The number of aromatic nitrogens is 2. The van der Waals surface area contributed by atoms with Crippen molar-refractivity contribution in [2.24, 2.45) is 0 Å². The SMILES string of the molecule is Cc1ccc(C(=O)NCCn2cnc(-c3ccccc3)cc2=O)cc1. The number of hydrogen-bond acceptors (Lipinski definition) is 3. The molecule has 3 aromatic rings. The minimum absolute atomic E-state index is 0.140. The van der Waals surface area contributed by atoms with Gasteiger partial charge in [0.05, 0.1) is 12.0 Å². The summed E-state index contributed by atoms with van der Waals surface area (Å²) in [4.78, 5) is 28.6. The van der Waals surface area contributed by atoms with Gasteiger partial charge in [-0.25, -0.2) is 4.98 Å². The van der Waals surface area contributed by atoms with Crippen LogP contribution in [0.25, 0.3) is 11.3 Å². The van der Waals surface area contributed by atoms with E-state index in [1.165, 1.54) is 17.0 Å². The first-order chi connectivity index (χ1) is 12.1. The number of carbonyl (C=O) groups is 1. The topological polar surface area (TPSA) is 64.0 Å². The number of amides is 1. The Morgan fingerprint density at radius 3 is 2.48 bits per heavy atom. The molecule has 2 aromatic carbocycles. The minimum Gasteiger partial charge on any atom is -0.350 e. The first kappa shape index (κ1) is 16.6. The second kappa shape index (κ2) is 7.57. The monoisotopic (exact) mass is 333 g/mol. The average Bonchev–Trinajstić information content (AvgIpc) is 2.64. The number of benzene rings is 2. The molecule has 0 bridgehead atoms. The number of carbonyl (C=O) groups excluding carboxylic acids is 1. The lowest BCUT2D eigenvalue weighted by Crippen LogP contribution is -2.30. The highest BCUT2D eigenvalue weighted by Crippen LogP contribution is 2.13. The van der Waals surface area contributed by atoms with Crippen LogP contribution in [-0.4, -0.2) is 22.0 Å². The molecule has 1 N–H and O–H groups in total. The summed E-state index contributed by atoms with van der Waals surface area (Å²) < 4.78 is 1.49. The van der Waals surface area contributed by atoms with E-state index in [0.717, 1.165) is 11.1 Å². The van der Waals surface area contributed by atoms with Crippen molar-refractivity contribution in [3.8, 4) is 11.3 Å². The van der Waals surface area contributed by atoms with Gasteiger partial charge in [-0.3, -0.25) is 14.2 Å². The fraction of sp³-hybridized carbons (Fsp3) is 0.150. The van der Waals surface area contributed by atoms with E-state index in [9.17, 15) is 9.59 Å². The van der Waals surface area contributed by atoms with Gasteiger partial charge in [-0.05, 0) is 19.1 Å². The Labute approximate surface area is 146 Å². The molecule has 5 heteroatoms. The maximum Gasteiger partial charge on any atom is 0.253 e. The van der Waals surface area contributed by atoms with Crippen LogP contribution in [0.15, 0.2) is 71.8 Å². The van der Waals surface area contributed by atoms with Crippen LogP contribution in [0, 0.1) is 6.92 Å². The van der Waals surface area contributed by atoms with Gasteiger partial charge in [-0.15, -0.1) is 0 Å². The van der Waals surface area contributed by atoms with E-state index >= 15 is 0 Å². The predicted octanol–water partition coefficient (Wildman–Crippen LogP) is 2.65. The highest BCUT2D eigenvalue weighted by Gasteiger charge is 2.06. The van der Waals surface area contributed by atoms with Crippen molar-refractivity contribution in [2.75, 3.05) is 6.54 Å². The summed E-state index contributed by atoms with van der Waals surface area (Å²) in [7, 11) is 0. The van der Waals surface area contributed by atoms with Crippen LogP contribution < -0.4 is 10.9 Å². The van der Waals surface area contributed by atoms with E-state index in [2.05, 4.69) is 10.3 Å². The third kappa shape index (κ3) is 4.20. The Bertz CT molecular complexity index is 916. The Balaban J connectivity index is 1.61. The predicted molar refractivity (Wildman–Crippen MR) is 97.4 cm³/mol. The molecule has 0 saturated heterocycles. The molecule has 3 rings (SSSR count). The molecule has 0 atom stereocenters. The molecular weight excluding hydrogens is 314 g/mol. The summed E-state index contributed by atoms with van der Waals surface area (Å²) in [6, 6.07) is 18.4. The van der Waals surface area contributed by atoms with Gasteiger partial charge in [0, 0.05) is 30.3 Å². The Morgan fingerprint density at radius 1 is 1.08 bits per heavy atom. The third-order valence-electron chi connectivity index (χ3n) is 3.90. The van der Waals surface area contributed by atoms with Crippen molar-refractivity contribution in [3.05, 3.63) is 88.5 Å². The summed E-state index contributed by atoms with van der Waals surface area (Å²) in [5.41, 5.74) is 3.12. The number of aryl methyl sites for hydroxylation is 1. The second-order valence-corrected chi connectivity index (χ2v) is 5.79. The standard InChI is InChI=1S/C20H19N3O2/c1-15-7-9-17(10-8-15)20(25)21-11-12-23-14-22-18(13-19(23)24)16-5-3-2-4-6-16/h2-10,13-14H,11-12H2,1H3,(H,21,25). The van der Waals surface area contributed by atoms with Crippen LogP contribution in [0.5, 0.6) is 0 Å². The molecule has 0 spiro atoms. The van der Waals surface area contributed by atoms with Gasteiger partial charge in [-0.1, -0.05) is 48.0 Å². The molecule has 0 aliphatic heterocycles. The molecule has 0 fully saturated rings. The molecule has 25 heavy (non-hydrogen) atoms. The van der Waals surface area contributed by atoms with Gasteiger partial charge in [0.25, 0.3) is 11.5 Å². The highest BCUT2D eigenvalue weighted by molar-refractivity contribution is 5.94. The zero-order chi connectivity index (χ0) is 17.6. The number of nitrogens with one attached hydrogen (secondary N) is 1. The quantitative estimate of drug-likeness (QED) is 0.781. The van der Waals surface area contributed by atoms with Gasteiger partial charge in [0.2, 0.25) is 0 Å². The zero-order valence-corrected chi connectivity index (χ0v) is 14.0. The first-order valence-electron chi connectivity index (χ1n) is 8.10. The highest BCUT2D eigenvalue weighted by atomic mass is 16.1. The lowest BCUT2D eigenvalue weighted by molar-refractivity contribution is 0.0952. The van der Waals surface area contributed by atoms with Crippen molar-refractivity contribution < 1.29 is 4.79 Å². The summed E-state index contributed by atoms with van der Waals surface area (Å²) in [6.45, 7) is 2.71. The third-order valence-corrected chi connectivity index (χ3v) is 3.90. The van der Waals surface area contributed by atoms with E-state index in [-0.39, 0.29) is 11.5 Å². The Hall–Kier alpha value is -3.21. The van der Waals surface area contributed by atoms with Gasteiger partial charge < -0.3 is 5.32 Å². The summed E-state index contributed by atoms with van der Waals surface area (Å²) in [5.74, 6) is -0.151. The summed E-state index contributed by atoms with van der Waals surface area (Å²) in [5, 5.41) is 2.81. The van der Waals surface area contributed by atoms with E-state index in [1.807, 2.05) is 49.4 Å². The van der Waals surface area contributed by atoms with Gasteiger partial charge in [-0.2, -0.15) is 0 Å². The number of nitrogens with zero attached hydrogens (tertiary/aromatic N) is 2. The molecule has 1 aromatic heterocycles. The van der Waals surface area contributed by atoms with Crippen LogP contribution in [-0.2, 0) is 6.54 Å². The van der Waals surface area contributed by atoms with E-state index in [1.54, 1.807) is 12.1 Å². The number of hydrogen-bond donors (Lipinski definition) is 1. The van der Waals surface area contributed by atoms with Crippen molar-refractivity contribution in [2.45, 2.75) is 13.5 Å². The molecular formula is C20H19N3O2. The Morgan fingerprint density at radius 2 is 1.80 bits per heavy atom. The molecule has 1 heterocycles. The van der Waals surface area contributed by atoms with E-state index in [0.29, 0.717) is 24.3 Å². The van der Waals surface area contributed by atoms with Crippen LogP contribution in [0.1, 0.15) is 15.9 Å². The van der Waals surface area contributed by atoms with Gasteiger partial charge >= 0.3 is 0 Å². The van der Waals surface area contributed by atoms with Crippen molar-refractivity contribution >= 4 is 5.91 Å². The lowest BCUT2D eigenvalue weighted by atomic mass is 10.1. The maximum absolute atomic E-state index is 12.2. The Kier molecular flexibility index (Phi) is 5.04. The van der Waals surface area contributed by atoms with Crippen LogP contribution in [0.2, 0.25) is 0 Å². The molecule has 1 amide bonds. The van der Waals surface area contributed by atoms with Crippen LogP contribution in [0.3, 0.4) is 0 Å². The van der Waals surface area contributed by atoms with Crippen molar-refractivity contribution in [3.63, 3.8) is 0 Å². The fourth-order valence-electron chi connectivity index (χ4n) is 2.46. The second-order valence-electron chi connectivity index (χ2n) is 5.79. The minimum atomic E-state index is -0.151. The summed E-state index contributed by atoms with van der Waals surface area (Å²) in [6.07, 6.45) is 1.52. The smallest absolute Gasteiger partial charge is 0.253 e. The molecule has 0 unspecified atom stereocenters. The average molecular weight is 333 g/mol. The van der Waals surface area contributed by atoms with Crippen LogP contribution >= 0.6 is 0 Å². The largest absolute Gasteiger partial charge is 0.350 e. The first-order valence-corrected chi connectivity index (χ1v) is 8.10. The molecule has 0 radical (unpaired) electrons. The van der Waals surface area contributed by atoms with Crippen molar-refractivity contribution in [1.29, 1.82) is 0 Å². The number of rotatable bonds is 5. The van der Waals surface area contributed by atoms with Crippen molar-refractivity contribution in [1.82, 2.24) is 14.9 Å². The molecule has 5 nitrogen and oxygen atoms in total.